The summed E-state index contributed by atoms with van der Waals surface area (Å²) in [6.07, 6.45) is -9.10. The molecule has 40 heavy (non-hydrogen) atoms. The monoisotopic (exact) mass is 596 g/mol. The van der Waals surface area contributed by atoms with Crippen LogP contribution in [0.5, 0.6) is 0 Å². The third-order valence-electron chi connectivity index (χ3n) is 7.47. The standard InChI is InChI=1S/C26H27F7N4O2.ClH/c1-35(20-10-16(25(28,29)30)9-17(11-20)26(31,32)33)24(39)36(2)22-13-37(23(38)15-7-19(34)8-15)12-21(22)14-3-5-18(27)6-4-14;/h3-6,9-11,15,19,21-22H,7-8,12-13,34H2,1-2H3;1H/t15?,19?,21-,22+;/m0./s1. The molecule has 220 valence electrons. The van der Waals surface area contributed by atoms with Crippen LogP contribution in [0.1, 0.15) is 35.4 Å². The van der Waals surface area contributed by atoms with Crippen LogP contribution in [-0.4, -0.2) is 61.0 Å². The molecule has 0 bridgehead atoms. The van der Waals surface area contributed by atoms with E-state index in [1.807, 2.05) is 0 Å². The molecule has 0 aromatic heterocycles. The van der Waals surface area contributed by atoms with Gasteiger partial charge in [0.05, 0.1) is 17.2 Å². The second-order valence-corrected chi connectivity index (χ2v) is 10.1. The third-order valence-corrected chi connectivity index (χ3v) is 7.47. The van der Waals surface area contributed by atoms with Crippen molar-refractivity contribution in [3.63, 3.8) is 0 Å². The lowest BCUT2D eigenvalue weighted by Gasteiger charge is -2.35. The first-order chi connectivity index (χ1) is 18.1. The lowest BCUT2D eigenvalue weighted by molar-refractivity contribution is -0.143. The summed E-state index contributed by atoms with van der Waals surface area (Å²) in [6, 6.07) is 4.81. The van der Waals surface area contributed by atoms with Crippen LogP contribution < -0.4 is 10.6 Å². The van der Waals surface area contributed by atoms with E-state index in [0.717, 1.165) is 7.05 Å². The van der Waals surface area contributed by atoms with Crippen LogP contribution in [0.25, 0.3) is 0 Å². The zero-order chi connectivity index (χ0) is 28.9. The van der Waals surface area contributed by atoms with Crippen LogP contribution in [0, 0.1) is 11.7 Å². The van der Waals surface area contributed by atoms with Gasteiger partial charge < -0.3 is 15.5 Å². The maximum absolute atomic E-state index is 13.6. The summed E-state index contributed by atoms with van der Waals surface area (Å²) in [5.41, 5.74) is 2.75. The van der Waals surface area contributed by atoms with Gasteiger partial charge in [0, 0.05) is 50.7 Å². The lowest BCUT2D eigenvalue weighted by atomic mass is 9.80. The number of amides is 3. The smallest absolute Gasteiger partial charge is 0.340 e. The first-order valence-corrected chi connectivity index (χ1v) is 12.2. The summed E-state index contributed by atoms with van der Waals surface area (Å²) in [5.74, 6) is -1.37. The Hall–Kier alpha value is -3.06. The molecule has 4 rings (SSSR count). The number of hydrogen-bond acceptors (Lipinski definition) is 3. The number of alkyl halides is 6. The molecule has 0 unspecified atom stereocenters. The van der Waals surface area contributed by atoms with Crippen molar-refractivity contribution >= 4 is 30.0 Å². The molecule has 2 aromatic rings. The minimum absolute atomic E-state index is 0. The van der Waals surface area contributed by atoms with Crippen molar-refractivity contribution < 1.29 is 40.3 Å². The quantitative estimate of drug-likeness (QED) is 0.474. The molecule has 1 saturated heterocycles. The van der Waals surface area contributed by atoms with E-state index in [-0.39, 0.29) is 49.4 Å². The summed E-state index contributed by atoms with van der Waals surface area (Å²) in [5, 5.41) is 0. The second-order valence-electron chi connectivity index (χ2n) is 10.1. The molecule has 2 atom stereocenters. The van der Waals surface area contributed by atoms with E-state index in [4.69, 9.17) is 5.73 Å². The lowest BCUT2D eigenvalue weighted by Crippen LogP contribution is -2.49. The largest absolute Gasteiger partial charge is 0.416 e. The summed E-state index contributed by atoms with van der Waals surface area (Å²) in [7, 11) is 2.44. The Morgan fingerprint density at radius 1 is 0.900 bits per heavy atom. The Kier molecular flexibility index (Phi) is 9.00. The van der Waals surface area contributed by atoms with Gasteiger partial charge in [0.1, 0.15) is 5.82 Å². The van der Waals surface area contributed by atoms with Crippen LogP contribution in [0.2, 0.25) is 0 Å². The topological polar surface area (TPSA) is 69.9 Å². The van der Waals surface area contributed by atoms with Gasteiger partial charge in [0.15, 0.2) is 0 Å². The van der Waals surface area contributed by atoms with E-state index >= 15 is 0 Å². The van der Waals surface area contributed by atoms with Crippen LogP contribution in [-0.2, 0) is 17.1 Å². The predicted molar refractivity (Wildman–Crippen MR) is 135 cm³/mol. The summed E-state index contributed by atoms with van der Waals surface area (Å²) in [4.78, 5) is 29.9. The van der Waals surface area contributed by atoms with E-state index in [0.29, 0.717) is 35.4 Å². The Morgan fingerprint density at radius 3 is 1.90 bits per heavy atom. The van der Waals surface area contributed by atoms with Crippen molar-refractivity contribution in [2.45, 2.75) is 43.2 Å². The molecule has 0 radical (unpaired) electrons. The molecule has 2 aromatic carbocycles. The maximum Gasteiger partial charge on any atom is 0.416 e. The van der Waals surface area contributed by atoms with Gasteiger partial charge in [-0.3, -0.25) is 9.69 Å². The number of likely N-dealkylation sites (N-methyl/N-ethyl adjacent to an activating group) is 1. The number of carbonyl (C=O) groups excluding carboxylic acids is 2. The zero-order valence-electron chi connectivity index (χ0n) is 21.5. The number of carbonyl (C=O) groups is 2. The molecule has 0 spiro atoms. The summed E-state index contributed by atoms with van der Waals surface area (Å²) in [6.45, 7) is 0.281. The van der Waals surface area contributed by atoms with Crippen LogP contribution >= 0.6 is 12.4 Å². The molecule has 2 fully saturated rings. The van der Waals surface area contributed by atoms with E-state index in [1.54, 1.807) is 4.90 Å². The fraction of sp³-hybridized carbons (Fsp3) is 0.462. The minimum atomic E-state index is -5.07. The van der Waals surface area contributed by atoms with E-state index < -0.39 is 53.0 Å². The predicted octanol–water partition coefficient (Wildman–Crippen LogP) is 5.51. The first kappa shape index (κ1) is 31.5. The highest BCUT2D eigenvalue weighted by atomic mass is 35.5. The molecule has 2 N–H and O–H groups in total. The first-order valence-electron chi connectivity index (χ1n) is 12.2. The van der Waals surface area contributed by atoms with Crippen molar-refractivity contribution in [2.75, 3.05) is 32.1 Å². The number of hydrogen-bond donors (Lipinski definition) is 1. The van der Waals surface area contributed by atoms with Crippen LogP contribution in [0.4, 0.5) is 41.2 Å². The van der Waals surface area contributed by atoms with Gasteiger partial charge in [0.2, 0.25) is 5.91 Å². The Bertz CT molecular complexity index is 1200. The van der Waals surface area contributed by atoms with Gasteiger partial charge in [-0.05, 0) is 48.7 Å². The second kappa shape index (κ2) is 11.4. The highest BCUT2D eigenvalue weighted by Crippen LogP contribution is 2.39. The molecule has 1 heterocycles. The van der Waals surface area contributed by atoms with Crippen LogP contribution in [0.15, 0.2) is 42.5 Å². The van der Waals surface area contributed by atoms with Gasteiger partial charge >= 0.3 is 18.4 Å². The normalized spacial score (nSPS) is 22.8. The number of likely N-dealkylation sites (tertiary alicyclic amines) is 1. The maximum atomic E-state index is 13.6. The third kappa shape index (κ3) is 6.46. The summed E-state index contributed by atoms with van der Waals surface area (Å²) >= 11 is 0. The molecule has 6 nitrogen and oxygen atoms in total. The number of nitrogens with zero attached hydrogens (tertiary/aromatic N) is 3. The number of benzene rings is 2. The average Bonchev–Trinajstić information content (AvgIpc) is 3.29. The summed E-state index contributed by atoms with van der Waals surface area (Å²) < 4.78 is 93.7. The number of nitrogens with two attached hydrogens (primary N) is 1. The van der Waals surface area contributed by atoms with Crippen LogP contribution in [0.3, 0.4) is 0 Å². The number of rotatable bonds is 4. The minimum Gasteiger partial charge on any atom is -0.340 e. The number of anilines is 1. The van der Waals surface area contributed by atoms with Gasteiger partial charge in [-0.15, -0.1) is 12.4 Å². The van der Waals surface area contributed by atoms with Gasteiger partial charge in [-0.25, -0.2) is 9.18 Å². The van der Waals surface area contributed by atoms with E-state index in [2.05, 4.69) is 0 Å². The molecule has 14 heteroatoms. The fourth-order valence-electron chi connectivity index (χ4n) is 5.14. The molecule has 3 amide bonds. The Morgan fingerprint density at radius 2 is 1.43 bits per heavy atom. The van der Waals surface area contributed by atoms with Crippen molar-refractivity contribution in [1.29, 1.82) is 0 Å². The van der Waals surface area contributed by atoms with Gasteiger partial charge in [-0.1, -0.05) is 12.1 Å². The molecular formula is C26H28ClF7N4O2. The van der Waals surface area contributed by atoms with Crippen molar-refractivity contribution in [2.24, 2.45) is 11.7 Å². The molecule has 1 aliphatic carbocycles. The highest BCUT2D eigenvalue weighted by molar-refractivity contribution is 5.92. The Labute approximate surface area is 232 Å². The van der Waals surface area contributed by atoms with E-state index in [9.17, 15) is 40.3 Å². The number of halogens is 8. The Balaban J connectivity index is 0.00000441. The highest BCUT2D eigenvalue weighted by Gasteiger charge is 2.44. The van der Waals surface area contributed by atoms with Crippen molar-refractivity contribution in [3.05, 3.63) is 65.0 Å². The molecule has 1 saturated carbocycles. The van der Waals surface area contributed by atoms with Crippen molar-refractivity contribution in [1.82, 2.24) is 9.80 Å². The fourth-order valence-corrected chi connectivity index (χ4v) is 5.14. The average molecular weight is 597 g/mol. The SMILES string of the molecule is CN(C(=O)N(C)[C@@H]1CN(C(=O)C2CC(N)C2)C[C@H]1c1ccc(F)cc1)c1cc(C(F)(F)F)cc(C(F)(F)F)c1.Cl. The zero-order valence-corrected chi connectivity index (χ0v) is 22.3. The molecule has 2 aliphatic rings. The van der Waals surface area contributed by atoms with E-state index in [1.165, 1.54) is 36.2 Å². The molecular weight excluding hydrogens is 569 g/mol. The van der Waals surface area contributed by atoms with Gasteiger partial charge in [0.25, 0.3) is 0 Å². The number of urea groups is 1. The molecule has 1 aliphatic heterocycles. The van der Waals surface area contributed by atoms with Crippen molar-refractivity contribution in [3.8, 4) is 0 Å². The van der Waals surface area contributed by atoms with Gasteiger partial charge in [-0.2, -0.15) is 26.3 Å².